The van der Waals surface area contributed by atoms with Gasteiger partial charge in [-0.05, 0) is 49.5 Å². The van der Waals surface area contributed by atoms with Gasteiger partial charge in [0, 0.05) is 36.5 Å². The Balaban J connectivity index is 1.40. The summed E-state index contributed by atoms with van der Waals surface area (Å²) in [5.74, 6) is 1.49. The normalized spacial score (nSPS) is 18.2. The van der Waals surface area contributed by atoms with Gasteiger partial charge in [-0.2, -0.15) is 0 Å². The predicted octanol–water partition coefficient (Wildman–Crippen LogP) is 3.82. The maximum atomic E-state index is 12.2. The molecule has 2 atom stereocenters. The molecule has 5 nitrogen and oxygen atoms in total. The average Bonchev–Trinajstić information content (AvgIpc) is 3.22. The fourth-order valence-electron chi connectivity index (χ4n) is 3.93. The van der Waals surface area contributed by atoms with Crippen LogP contribution in [0.3, 0.4) is 0 Å². The van der Waals surface area contributed by atoms with E-state index < -0.39 is 0 Å². The number of H-pyrrole nitrogens is 1. The smallest absolute Gasteiger partial charge is 0.251 e. The first-order valence-corrected chi connectivity index (χ1v) is 9.98. The molecule has 0 aliphatic carbocycles. The molecule has 4 rings (SSSR count). The van der Waals surface area contributed by atoms with Crippen LogP contribution in [0.25, 0.3) is 11.4 Å². The molecule has 1 saturated heterocycles. The second-order valence-corrected chi connectivity index (χ2v) is 7.64. The average molecular weight is 374 g/mol. The summed E-state index contributed by atoms with van der Waals surface area (Å²) in [4.78, 5) is 26.3. The SMILES string of the molecule is C[C@@H](CCN1CC[C@@H](c2cc(=O)[nH]c(-c3ccncc3)n2)C1)c1ccccc1. The molecular formula is C23H26N4O. The van der Waals surface area contributed by atoms with Gasteiger partial charge in [0.1, 0.15) is 5.82 Å². The van der Waals surface area contributed by atoms with Crippen LogP contribution in [0.1, 0.15) is 42.9 Å². The fourth-order valence-corrected chi connectivity index (χ4v) is 3.93. The first-order valence-electron chi connectivity index (χ1n) is 9.98. The molecule has 0 spiro atoms. The van der Waals surface area contributed by atoms with Gasteiger partial charge in [-0.3, -0.25) is 9.78 Å². The van der Waals surface area contributed by atoms with Crippen LogP contribution in [0.4, 0.5) is 0 Å². The minimum Gasteiger partial charge on any atom is -0.307 e. The number of hydrogen-bond donors (Lipinski definition) is 1. The molecule has 1 aliphatic heterocycles. The van der Waals surface area contributed by atoms with Gasteiger partial charge < -0.3 is 9.88 Å². The predicted molar refractivity (Wildman–Crippen MR) is 111 cm³/mol. The molecule has 2 aromatic heterocycles. The molecule has 0 unspecified atom stereocenters. The van der Waals surface area contributed by atoms with Crippen LogP contribution in [0.2, 0.25) is 0 Å². The van der Waals surface area contributed by atoms with Crippen molar-refractivity contribution in [3.05, 3.63) is 82.5 Å². The van der Waals surface area contributed by atoms with Crippen LogP contribution in [-0.4, -0.2) is 39.5 Å². The molecular weight excluding hydrogens is 348 g/mol. The Morgan fingerprint density at radius 1 is 1.18 bits per heavy atom. The molecule has 0 amide bonds. The third-order valence-corrected chi connectivity index (χ3v) is 5.65. The van der Waals surface area contributed by atoms with Crippen molar-refractivity contribution in [2.45, 2.75) is 31.6 Å². The largest absolute Gasteiger partial charge is 0.307 e. The van der Waals surface area contributed by atoms with Crippen molar-refractivity contribution >= 4 is 0 Å². The Labute approximate surface area is 165 Å². The van der Waals surface area contributed by atoms with Crippen molar-refractivity contribution in [2.24, 2.45) is 0 Å². The summed E-state index contributed by atoms with van der Waals surface area (Å²) < 4.78 is 0. The molecule has 3 heterocycles. The Kier molecular flexibility index (Phi) is 5.63. The molecule has 1 N–H and O–H groups in total. The van der Waals surface area contributed by atoms with Crippen molar-refractivity contribution in [3.8, 4) is 11.4 Å². The summed E-state index contributed by atoms with van der Waals surface area (Å²) >= 11 is 0. The molecule has 1 aromatic carbocycles. The lowest BCUT2D eigenvalue weighted by molar-refractivity contribution is 0.320. The van der Waals surface area contributed by atoms with Crippen LogP contribution < -0.4 is 5.56 Å². The van der Waals surface area contributed by atoms with E-state index in [2.05, 4.69) is 52.1 Å². The van der Waals surface area contributed by atoms with E-state index in [1.807, 2.05) is 12.1 Å². The van der Waals surface area contributed by atoms with Gasteiger partial charge in [-0.15, -0.1) is 0 Å². The first-order chi connectivity index (χ1) is 13.7. The summed E-state index contributed by atoms with van der Waals surface area (Å²) in [6.45, 7) is 5.40. The zero-order valence-electron chi connectivity index (χ0n) is 16.2. The highest BCUT2D eigenvalue weighted by Crippen LogP contribution is 2.27. The number of pyridine rings is 1. The summed E-state index contributed by atoms with van der Waals surface area (Å²) in [7, 11) is 0. The second kappa shape index (κ2) is 8.48. The highest BCUT2D eigenvalue weighted by atomic mass is 16.1. The third-order valence-electron chi connectivity index (χ3n) is 5.65. The number of likely N-dealkylation sites (tertiary alicyclic amines) is 1. The van der Waals surface area contributed by atoms with Crippen molar-refractivity contribution < 1.29 is 0 Å². The third kappa shape index (κ3) is 4.37. The van der Waals surface area contributed by atoms with Gasteiger partial charge >= 0.3 is 0 Å². The number of aromatic nitrogens is 3. The molecule has 3 aromatic rings. The summed E-state index contributed by atoms with van der Waals surface area (Å²) in [6, 6.07) is 16.1. The fraction of sp³-hybridized carbons (Fsp3) is 0.348. The van der Waals surface area contributed by atoms with E-state index in [-0.39, 0.29) is 5.56 Å². The van der Waals surface area contributed by atoms with Crippen molar-refractivity contribution in [1.29, 1.82) is 0 Å². The van der Waals surface area contributed by atoms with E-state index in [4.69, 9.17) is 4.98 Å². The highest BCUT2D eigenvalue weighted by molar-refractivity contribution is 5.53. The molecule has 1 aliphatic rings. The molecule has 0 saturated carbocycles. The standard InChI is InChI=1S/C23H26N4O/c1-17(18-5-3-2-4-6-18)9-13-27-14-10-20(16-27)21-15-22(28)26-23(25-21)19-7-11-24-12-8-19/h2-8,11-12,15,17,20H,9-10,13-14,16H2,1H3,(H,25,26,28)/t17-,20+/m0/s1. The topological polar surface area (TPSA) is 61.9 Å². The van der Waals surface area contributed by atoms with Gasteiger partial charge in [0.2, 0.25) is 0 Å². The Bertz CT molecular complexity index is 955. The summed E-state index contributed by atoms with van der Waals surface area (Å²) in [5, 5.41) is 0. The van der Waals surface area contributed by atoms with Crippen molar-refractivity contribution in [3.63, 3.8) is 0 Å². The summed E-state index contributed by atoms with van der Waals surface area (Å²) in [5.41, 5.74) is 3.10. The van der Waals surface area contributed by atoms with Crippen molar-refractivity contribution in [1.82, 2.24) is 19.9 Å². The van der Waals surface area contributed by atoms with E-state index in [1.54, 1.807) is 18.5 Å². The lowest BCUT2D eigenvalue weighted by Crippen LogP contribution is -2.23. The monoisotopic (exact) mass is 374 g/mol. The van der Waals surface area contributed by atoms with Gasteiger partial charge in [0.25, 0.3) is 5.56 Å². The van der Waals surface area contributed by atoms with Crippen LogP contribution >= 0.6 is 0 Å². The maximum absolute atomic E-state index is 12.2. The lowest BCUT2D eigenvalue weighted by atomic mass is 9.98. The quantitative estimate of drug-likeness (QED) is 0.713. The van der Waals surface area contributed by atoms with Crippen molar-refractivity contribution in [2.75, 3.05) is 19.6 Å². The molecule has 0 radical (unpaired) electrons. The molecule has 144 valence electrons. The van der Waals surface area contributed by atoms with Crippen LogP contribution in [-0.2, 0) is 0 Å². The Hall–Kier alpha value is -2.79. The summed E-state index contributed by atoms with van der Waals surface area (Å²) in [6.07, 6.45) is 5.62. The molecule has 0 bridgehead atoms. The number of rotatable bonds is 6. The Morgan fingerprint density at radius 3 is 2.75 bits per heavy atom. The van der Waals surface area contributed by atoms with Gasteiger partial charge in [0.05, 0.1) is 5.69 Å². The molecule has 1 fully saturated rings. The number of nitrogens with zero attached hydrogens (tertiary/aromatic N) is 3. The van der Waals surface area contributed by atoms with E-state index in [0.717, 1.165) is 43.7 Å². The Morgan fingerprint density at radius 2 is 1.96 bits per heavy atom. The zero-order chi connectivity index (χ0) is 19.3. The number of benzene rings is 1. The minimum absolute atomic E-state index is 0.0898. The molecule has 5 heteroatoms. The van der Waals surface area contributed by atoms with Crippen LogP contribution in [0.5, 0.6) is 0 Å². The maximum Gasteiger partial charge on any atom is 0.251 e. The van der Waals surface area contributed by atoms with Gasteiger partial charge in [-0.25, -0.2) is 4.98 Å². The number of nitrogens with one attached hydrogen (secondary N) is 1. The van der Waals surface area contributed by atoms with E-state index in [0.29, 0.717) is 17.7 Å². The highest BCUT2D eigenvalue weighted by Gasteiger charge is 2.26. The number of hydrogen-bond acceptors (Lipinski definition) is 4. The zero-order valence-corrected chi connectivity index (χ0v) is 16.2. The van der Waals surface area contributed by atoms with E-state index >= 15 is 0 Å². The second-order valence-electron chi connectivity index (χ2n) is 7.64. The first kappa shape index (κ1) is 18.6. The lowest BCUT2D eigenvalue weighted by Gasteiger charge is -2.19. The number of aromatic amines is 1. The van der Waals surface area contributed by atoms with E-state index in [1.165, 1.54) is 5.56 Å². The van der Waals surface area contributed by atoms with Crippen LogP contribution in [0.15, 0.2) is 65.7 Å². The van der Waals surface area contributed by atoms with Gasteiger partial charge in [-0.1, -0.05) is 37.3 Å². The van der Waals surface area contributed by atoms with E-state index in [9.17, 15) is 4.79 Å². The minimum atomic E-state index is -0.0898. The van der Waals surface area contributed by atoms with Crippen LogP contribution in [0, 0.1) is 0 Å². The van der Waals surface area contributed by atoms with Gasteiger partial charge in [0.15, 0.2) is 0 Å². The molecule has 28 heavy (non-hydrogen) atoms.